The highest BCUT2D eigenvalue weighted by Gasteiger charge is 2.32. The zero-order chi connectivity index (χ0) is 19.6. The second kappa shape index (κ2) is 8.14. The Morgan fingerprint density at radius 3 is 2.19 bits per heavy atom. The molecule has 0 N–H and O–H groups in total. The lowest BCUT2D eigenvalue weighted by Crippen LogP contribution is -2.50. The largest absolute Gasteiger partial charge is 0.340 e. The molecular weight excluding hydrogens is 414 g/mol. The summed E-state index contributed by atoms with van der Waals surface area (Å²) in [7, 11) is -3.86. The van der Waals surface area contributed by atoms with Crippen LogP contribution in [0.1, 0.15) is 5.56 Å². The quantitative estimate of drug-likeness (QED) is 0.747. The third kappa shape index (κ3) is 4.43. The SMILES string of the molecule is O=C(Cc1cccc(F)c1)N1CCN(S(=O)(=O)c2c(Cl)cccc2Cl)CC1. The van der Waals surface area contributed by atoms with E-state index < -0.39 is 15.8 Å². The Bertz CT molecular complexity index is 941. The molecule has 1 amide bonds. The summed E-state index contributed by atoms with van der Waals surface area (Å²) in [4.78, 5) is 13.9. The van der Waals surface area contributed by atoms with E-state index in [2.05, 4.69) is 0 Å². The van der Waals surface area contributed by atoms with Crippen molar-refractivity contribution in [1.29, 1.82) is 0 Å². The minimum Gasteiger partial charge on any atom is -0.340 e. The van der Waals surface area contributed by atoms with E-state index in [9.17, 15) is 17.6 Å². The van der Waals surface area contributed by atoms with Gasteiger partial charge in [0.2, 0.25) is 15.9 Å². The molecule has 1 fully saturated rings. The van der Waals surface area contributed by atoms with Crippen LogP contribution in [0.2, 0.25) is 10.0 Å². The van der Waals surface area contributed by atoms with Gasteiger partial charge < -0.3 is 4.90 Å². The first-order chi connectivity index (χ1) is 12.8. The molecule has 0 radical (unpaired) electrons. The van der Waals surface area contributed by atoms with Crippen LogP contribution in [-0.2, 0) is 21.2 Å². The molecule has 27 heavy (non-hydrogen) atoms. The lowest BCUT2D eigenvalue weighted by atomic mass is 10.1. The van der Waals surface area contributed by atoms with Crippen molar-refractivity contribution in [3.8, 4) is 0 Å². The number of hydrogen-bond donors (Lipinski definition) is 0. The lowest BCUT2D eigenvalue weighted by molar-refractivity contribution is -0.131. The third-order valence-corrected chi connectivity index (χ3v) is 7.21. The van der Waals surface area contributed by atoms with Crippen molar-refractivity contribution < 1.29 is 17.6 Å². The maximum Gasteiger partial charge on any atom is 0.246 e. The Morgan fingerprint density at radius 2 is 1.59 bits per heavy atom. The second-order valence-corrected chi connectivity index (χ2v) is 8.83. The maximum absolute atomic E-state index is 13.2. The van der Waals surface area contributed by atoms with Crippen LogP contribution in [0.5, 0.6) is 0 Å². The van der Waals surface area contributed by atoms with Crippen molar-refractivity contribution >= 4 is 39.1 Å². The number of halogens is 3. The standard InChI is InChI=1S/C18H17Cl2FN2O3S/c19-15-5-2-6-16(20)18(15)27(25,26)23-9-7-22(8-10-23)17(24)12-13-3-1-4-14(21)11-13/h1-6,11H,7-10,12H2. The van der Waals surface area contributed by atoms with Gasteiger partial charge in [-0.15, -0.1) is 0 Å². The van der Waals surface area contributed by atoms with E-state index in [-0.39, 0.29) is 53.4 Å². The monoisotopic (exact) mass is 430 g/mol. The minimum absolute atomic E-state index is 0.0621. The molecule has 5 nitrogen and oxygen atoms in total. The average Bonchev–Trinajstić information content (AvgIpc) is 2.61. The lowest BCUT2D eigenvalue weighted by Gasteiger charge is -2.34. The number of piperazine rings is 1. The summed E-state index contributed by atoms with van der Waals surface area (Å²) in [6.45, 7) is 0.766. The molecule has 144 valence electrons. The highest BCUT2D eigenvalue weighted by atomic mass is 35.5. The summed E-state index contributed by atoms with van der Waals surface area (Å²) in [5, 5.41) is 0.124. The van der Waals surface area contributed by atoms with E-state index in [0.717, 1.165) is 0 Å². The van der Waals surface area contributed by atoms with Crippen LogP contribution in [0, 0.1) is 5.82 Å². The van der Waals surface area contributed by atoms with Gasteiger partial charge in [0.15, 0.2) is 0 Å². The third-order valence-electron chi connectivity index (χ3n) is 4.35. The summed E-state index contributed by atoms with van der Waals surface area (Å²) in [6, 6.07) is 10.4. The van der Waals surface area contributed by atoms with Gasteiger partial charge >= 0.3 is 0 Å². The van der Waals surface area contributed by atoms with E-state index in [1.165, 1.54) is 28.6 Å². The highest BCUT2D eigenvalue weighted by molar-refractivity contribution is 7.89. The zero-order valence-corrected chi connectivity index (χ0v) is 16.6. The predicted octanol–water partition coefficient (Wildman–Crippen LogP) is 3.21. The van der Waals surface area contributed by atoms with Crippen LogP contribution in [-0.4, -0.2) is 49.7 Å². The maximum atomic E-state index is 13.2. The fraction of sp³-hybridized carbons (Fsp3) is 0.278. The molecule has 0 unspecified atom stereocenters. The number of rotatable bonds is 4. The highest BCUT2D eigenvalue weighted by Crippen LogP contribution is 2.31. The number of hydrogen-bond acceptors (Lipinski definition) is 3. The molecule has 0 atom stereocenters. The fourth-order valence-electron chi connectivity index (χ4n) is 2.97. The summed E-state index contributed by atoms with van der Waals surface area (Å²) in [5.41, 5.74) is 0.581. The molecular formula is C18H17Cl2FN2O3S. The predicted molar refractivity (Wildman–Crippen MR) is 102 cm³/mol. The second-order valence-electron chi connectivity index (χ2n) is 6.14. The van der Waals surface area contributed by atoms with Crippen molar-refractivity contribution in [3.63, 3.8) is 0 Å². The normalized spacial score (nSPS) is 15.7. The van der Waals surface area contributed by atoms with Gasteiger partial charge in [-0.1, -0.05) is 41.4 Å². The first-order valence-corrected chi connectivity index (χ1v) is 10.4. The van der Waals surface area contributed by atoms with Crippen LogP contribution >= 0.6 is 23.2 Å². The Labute approximate surface area is 167 Å². The molecule has 2 aromatic carbocycles. The molecule has 1 saturated heterocycles. The smallest absolute Gasteiger partial charge is 0.246 e. The van der Waals surface area contributed by atoms with Gasteiger partial charge in [0, 0.05) is 26.2 Å². The molecule has 0 aliphatic carbocycles. The molecule has 0 bridgehead atoms. The molecule has 9 heteroatoms. The van der Waals surface area contributed by atoms with Gasteiger partial charge in [-0.05, 0) is 29.8 Å². The Kier molecular flexibility index (Phi) is 6.05. The number of carbonyl (C=O) groups is 1. The van der Waals surface area contributed by atoms with Crippen LogP contribution in [0.15, 0.2) is 47.4 Å². The minimum atomic E-state index is -3.86. The molecule has 2 aromatic rings. The number of carbonyl (C=O) groups excluding carboxylic acids is 1. The Balaban J connectivity index is 1.67. The number of nitrogens with zero attached hydrogens (tertiary/aromatic N) is 2. The summed E-state index contributed by atoms with van der Waals surface area (Å²) < 4.78 is 40.2. The van der Waals surface area contributed by atoms with Gasteiger partial charge in [0.05, 0.1) is 16.5 Å². The Morgan fingerprint density at radius 1 is 1.00 bits per heavy atom. The van der Waals surface area contributed by atoms with E-state index in [1.807, 2.05) is 0 Å². The topological polar surface area (TPSA) is 57.7 Å². The van der Waals surface area contributed by atoms with Crippen LogP contribution in [0.25, 0.3) is 0 Å². The number of sulfonamides is 1. The average molecular weight is 431 g/mol. The van der Waals surface area contributed by atoms with Crippen LogP contribution in [0.3, 0.4) is 0 Å². The van der Waals surface area contributed by atoms with Gasteiger partial charge in [-0.2, -0.15) is 4.31 Å². The van der Waals surface area contributed by atoms with Gasteiger partial charge in [0.25, 0.3) is 0 Å². The van der Waals surface area contributed by atoms with E-state index in [1.54, 1.807) is 23.1 Å². The molecule has 1 heterocycles. The molecule has 0 spiro atoms. The number of amides is 1. The molecule has 1 aliphatic heterocycles. The van der Waals surface area contributed by atoms with Crippen molar-refractivity contribution in [3.05, 3.63) is 63.9 Å². The van der Waals surface area contributed by atoms with Gasteiger partial charge in [-0.25, -0.2) is 12.8 Å². The van der Waals surface area contributed by atoms with Crippen molar-refractivity contribution in [1.82, 2.24) is 9.21 Å². The molecule has 1 aliphatic rings. The van der Waals surface area contributed by atoms with Crippen molar-refractivity contribution in [2.24, 2.45) is 0 Å². The summed E-state index contributed by atoms with van der Waals surface area (Å²) in [6.07, 6.45) is 0.0703. The molecule has 3 rings (SSSR count). The molecule has 0 aromatic heterocycles. The van der Waals surface area contributed by atoms with Crippen molar-refractivity contribution in [2.75, 3.05) is 26.2 Å². The summed E-state index contributed by atoms with van der Waals surface area (Å²) >= 11 is 12.1. The van der Waals surface area contributed by atoms with Crippen LogP contribution in [0.4, 0.5) is 4.39 Å². The fourth-order valence-corrected chi connectivity index (χ4v) is 5.48. The summed E-state index contributed by atoms with van der Waals surface area (Å²) in [5.74, 6) is -0.568. The van der Waals surface area contributed by atoms with Gasteiger partial charge in [0.1, 0.15) is 10.7 Å². The van der Waals surface area contributed by atoms with E-state index in [4.69, 9.17) is 23.2 Å². The Hall–Kier alpha value is -1.67. The first-order valence-electron chi connectivity index (χ1n) is 8.25. The molecule has 0 saturated carbocycles. The van der Waals surface area contributed by atoms with Crippen LogP contribution < -0.4 is 0 Å². The van der Waals surface area contributed by atoms with E-state index >= 15 is 0 Å². The first kappa shape index (κ1) is 20.1. The van der Waals surface area contributed by atoms with Gasteiger partial charge in [-0.3, -0.25) is 4.79 Å². The van der Waals surface area contributed by atoms with Crippen molar-refractivity contribution in [2.45, 2.75) is 11.3 Å². The number of benzene rings is 2. The van der Waals surface area contributed by atoms with E-state index in [0.29, 0.717) is 5.56 Å². The zero-order valence-electron chi connectivity index (χ0n) is 14.2.